The Bertz CT molecular complexity index is 1020. The molecule has 2 aromatic rings. The molecule has 0 saturated carbocycles. The van der Waals surface area contributed by atoms with Gasteiger partial charge in [0.2, 0.25) is 0 Å². The fraction of sp³-hybridized carbons (Fsp3) is 0.577. The van der Waals surface area contributed by atoms with Gasteiger partial charge in [-0.1, -0.05) is 6.07 Å². The largest absolute Gasteiger partial charge is 0.487 e. The van der Waals surface area contributed by atoms with Crippen LogP contribution in [0.4, 0.5) is 17.2 Å². The summed E-state index contributed by atoms with van der Waals surface area (Å²) in [7, 11) is 0. The van der Waals surface area contributed by atoms with E-state index in [9.17, 15) is 0 Å². The van der Waals surface area contributed by atoms with Gasteiger partial charge in [-0.3, -0.25) is 4.90 Å². The first-order chi connectivity index (χ1) is 16.3. The molecule has 0 aliphatic carbocycles. The van der Waals surface area contributed by atoms with E-state index in [4.69, 9.17) is 14.5 Å². The summed E-state index contributed by atoms with van der Waals surface area (Å²) in [6.07, 6.45) is 7.46. The van der Waals surface area contributed by atoms with Crippen LogP contribution >= 0.6 is 0 Å². The first-order valence-electron chi connectivity index (χ1n) is 12.7. The molecule has 0 spiro atoms. The molecule has 2 N–H and O–H groups in total. The van der Waals surface area contributed by atoms with Gasteiger partial charge in [-0.05, 0) is 68.5 Å². The summed E-state index contributed by atoms with van der Waals surface area (Å²) in [5.74, 6) is 2.46. The average Bonchev–Trinajstić information content (AvgIpc) is 3.03. The van der Waals surface area contributed by atoms with E-state index in [1.807, 2.05) is 6.20 Å². The summed E-state index contributed by atoms with van der Waals surface area (Å²) in [4.78, 5) is 9.85. The van der Waals surface area contributed by atoms with Gasteiger partial charge >= 0.3 is 0 Å². The first-order valence-corrected chi connectivity index (χ1v) is 12.7. The molecule has 5 aliphatic heterocycles. The van der Waals surface area contributed by atoms with E-state index in [0.717, 1.165) is 55.0 Å². The second-order valence-electron chi connectivity index (χ2n) is 10.3. The normalized spacial score (nSPS) is 27.7. The van der Waals surface area contributed by atoms with Crippen molar-refractivity contribution < 1.29 is 9.47 Å². The Morgan fingerprint density at radius 3 is 2.55 bits per heavy atom. The number of rotatable bonds is 3. The van der Waals surface area contributed by atoms with E-state index in [1.54, 1.807) is 0 Å². The molecule has 0 unspecified atom stereocenters. The van der Waals surface area contributed by atoms with Crippen molar-refractivity contribution in [3.63, 3.8) is 0 Å². The summed E-state index contributed by atoms with van der Waals surface area (Å²) < 4.78 is 12.4. The van der Waals surface area contributed by atoms with E-state index >= 15 is 0 Å². The number of piperidine rings is 1. The smallest absolute Gasteiger partial charge is 0.143 e. The molecule has 4 fully saturated rings. The Hall–Kier alpha value is -2.35. The molecule has 1 aromatic carbocycles. The average molecular weight is 448 g/mol. The maximum absolute atomic E-state index is 6.31. The van der Waals surface area contributed by atoms with E-state index in [2.05, 4.69) is 44.7 Å². The molecule has 174 valence electrons. The van der Waals surface area contributed by atoms with Crippen molar-refractivity contribution >= 4 is 17.2 Å². The van der Waals surface area contributed by atoms with E-state index in [0.29, 0.717) is 24.7 Å². The summed E-state index contributed by atoms with van der Waals surface area (Å²) in [6.45, 7) is 7.17. The molecule has 4 saturated heterocycles. The van der Waals surface area contributed by atoms with Crippen molar-refractivity contribution in [2.45, 2.75) is 56.5 Å². The van der Waals surface area contributed by atoms with Crippen LogP contribution in [-0.2, 0) is 11.3 Å². The second kappa shape index (κ2) is 8.15. The predicted octanol–water partition coefficient (Wildman–Crippen LogP) is 3.24. The number of aromatic nitrogens is 1. The number of pyridine rings is 1. The van der Waals surface area contributed by atoms with Crippen molar-refractivity contribution in [1.29, 1.82) is 0 Å². The van der Waals surface area contributed by atoms with Crippen LogP contribution in [0.5, 0.6) is 5.75 Å². The van der Waals surface area contributed by atoms with Crippen molar-refractivity contribution in [1.82, 2.24) is 15.2 Å². The van der Waals surface area contributed by atoms with Crippen LogP contribution in [0, 0.1) is 0 Å². The SMILES string of the molecule is c1cc(N2C[C@H]3CC[C@@H](C2)O3)c2c(n1)Nc1cc(C3CCN(C4CNC4)CC3)ccc1OC2. The van der Waals surface area contributed by atoms with Crippen LogP contribution in [0.3, 0.4) is 0 Å². The molecule has 7 rings (SSSR count). The molecule has 7 heteroatoms. The van der Waals surface area contributed by atoms with Crippen LogP contribution in [0.25, 0.3) is 0 Å². The van der Waals surface area contributed by atoms with E-state index in [-0.39, 0.29) is 0 Å². The Balaban J connectivity index is 1.11. The number of ether oxygens (including phenoxy) is 2. The molecule has 1 aromatic heterocycles. The van der Waals surface area contributed by atoms with Crippen molar-refractivity contribution in [3.05, 3.63) is 41.6 Å². The monoisotopic (exact) mass is 447 g/mol. The second-order valence-corrected chi connectivity index (χ2v) is 10.3. The molecule has 2 atom stereocenters. The van der Waals surface area contributed by atoms with Gasteiger partial charge in [0.05, 0.1) is 23.5 Å². The number of hydrogen-bond donors (Lipinski definition) is 2. The fourth-order valence-corrected chi connectivity index (χ4v) is 6.27. The molecule has 0 amide bonds. The van der Waals surface area contributed by atoms with Crippen molar-refractivity contribution in [3.8, 4) is 5.75 Å². The van der Waals surface area contributed by atoms with Gasteiger partial charge in [-0.25, -0.2) is 4.98 Å². The Morgan fingerprint density at radius 1 is 0.970 bits per heavy atom. The highest BCUT2D eigenvalue weighted by Crippen LogP contribution is 2.41. The van der Waals surface area contributed by atoms with Gasteiger partial charge in [0, 0.05) is 44.1 Å². The van der Waals surface area contributed by atoms with E-state index in [1.165, 1.54) is 50.0 Å². The third-order valence-electron chi connectivity index (χ3n) is 8.32. The quantitative estimate of drug-likeness (QED) is 0.749. The number of morpholine rings is 1. The zero-order valence-electron chi connectivity index (χ0n) is 19.1. The van der Waals surface area contributed by atoms with Crippen LogP contribution in [0.15, 0.2) is 30.5 Å². The lowest BCUT2D eigenvalue weighted by Crippen LogP contribution is -2.58. The Labute approximate surface area is 195 Å². The Kier molecular flexibility index (Phi) is 4.95. The number of benzene rings is 1. The summed E-state index contributed by atoms with van der Waals surface area (Å²) in [6, 6.07) is 9.63. The third-order valence-corrected chi connectivity index (χ3v) is 8.32. The minimum absolute atomic E-state index is 0.360. The van der Waals surface area contributed by atoms with Crippen molar-refractivity contribution in [2.75, 3.05) is 49.5 Å². The zero-order chi connectivity index (χ0) is 21.8. The van der Waals surface area contributed by atoms with Gasteiger partial charge in [-0.15, -0.1) is 0 Å². The maximum atomic E-state index is 6.31. The molecule has 7 nitrogen and oxygen atoms in total. The highest BCUT2D eigenvalue weighted by atomic mass is 16.5. The molecule has 5 aliphatic rings. The van der Waals surface area contributed by atoms with Crippen LogP contribution in [0.1, 0.15) is 42.7 Å². The highest BCUT2D eigenvalue weighted by Gasteiger charge is 2.35. The van der Waals surface area contributed by atoms with Gasteiger partial charge in [-0.2, -0.15) is 0 Å². The molecule has 0 radical (unpaired) electrons. The lowest BCUT2D eigenvalue weighted by Gasteiger charge is -2.42. The van der Waals surface area contributed by atoms with Gasteiger partial charge in [0.15, 0.2) is 0 Å². The number of anilines is 3. The predicted molar refractivity (Wildman–Crippen MR) is 129 cm³/mol. The lowest BCUT2D eigenvalue weighted by molar-refractivity contribution is 0.0304. The molecule has 33 heavy (non-hydrogen) atoms. The first kappa shape index (κ1) is 20.1. The molecule has 2 bridgehead atoms. The number of nitrogens with zero attached hydrogens (tertiary/aromatic N) is 3. The maximum Gasteiger partial charge on any atom is 0.143 e. The highest BCUT2D eigenvalue weighted by molar-refractivity contribution is 5.73. The molecular formula is C26H33N5O2. The summed E-state index contributed by atoms with van der Waals surface area (Å²) in [5, 5.41) is 7.04. The number of likely N-dealkylation sites (tertiary alicyclic amines) is 1. The standard InChI is InChI=1S/C26H33N5O2/c1-4-25-23(11-18(1)17-6-9-30(10-7-17)19-12-27-13-19)29-26-22(16-32-25)24(5-8-28-26)31-14-20-2-3-21(15-31)33-20/h1,4-5,8,11,17,19-21,27H,2-3,6-7,9-10,12-16H2,(H,28,29)/t20-,21+. The third kappa shape index (κ3) is 3.66. The number of fused-ring (bicyclic) bond motifs is 4. The minimum atomic E-state index is 0.360. The minimum Gasteiger partial charge on any atom is -0.487 e. The van der Waals surface area contributed by atoms with Crippen LogP contribution < -0.4 is 20.3 Å². The summed E-state index contributed by atoms with van der Waals surface area (Å²) in [5.41, 5.74) is 4.85. The number of hydrogen-bond acceptors (Lipinski definition) is 7. The fourth-order valence-electron chi connectivity index (χ4n) is 6.27. The topological polar surface area (TPSA) is 61.9 Å². The lowest BCUT2D eigenvalue weighted by atomic mass is 9.88. The van der Waals surface area contributed by atoms with Gasteiger partial charge < -0.3 is 25.0 Å². The summed E-state index contributed by atoms with van der Waals surface area (Å²) >= 11 is 0. The number of nitrogens with one attached hydrogen (secondary N) is 2. The van der Waals surface area contributed by atoms with Gasteiger partial charge in [0.25, 0.3) is 0 Å². The molecular weight excluding hydrogens is 414 g/mol. The van der Waals surface area contributed by atoms with Gasteiger partial charge in [0.1, 0.15) is 18.2 Å². The van der Waals surface area contributed by atoms with E-state index < -0.39 is 0 Å². The molecule has 6 heterocycles. The zero-order valence-corrected chi connectivity index (χ0v) is 19.1. The van der Waals surface area contributed by atoms with Crippen molar-refractivity contribution in [2.24, 2.45) is 0 Å². The van der Waals surface area contributed by atoms with Crippen LogP contribution in [0.2, 0.25) is 0 Å². The Morgan fingerprint density at radius 2 is 1.79 bits per heavy atom. The van der Waals surface area contributed by atoms with Crippen LogP contribution in [-0.4, -0.2) is 67.4 Å².